The van der Waals surface area contributed by atoms with E-state index in [9.17, 15) is 9.59 Å². The van der Waals surface area contributed by atoms with E-state index >= 15 is 0 Å². The third-order valence-corrected chi connectivity index (χ3v) is 4.61. The Kier molecular flexibility index (Phi) is 6.03. The van der Waals surface area contributed by atoms with Crippen molar-refractivity contribution in [2.24, 2.45) is 0 Å². The minimum absolute atomic E-state index is 0.0816. The van der Waals surface area contributed by atoms with Gasteiger partial charge in [-0.3, -0.25) is 9.59 Å². The molecule has 0 aliphatic carbocycles. The number of amides is 1. The van der Waals surface area contributed by atoms with Crippen LogP contribution in [0.2, 0.25) is 0 Å². The van der Waals surface area contributed by atoms with Gasteiger partial charge in [0.25, 0.3) is 5.91 Å². The highest BCUT2D eigenvalue weighted by molar-refractivity contribution is 6.04. The van der Waals surface area contributed by atoms with Gasteiger partial charge < -0.3 is 24.3 Å². The van der Waals surface area contributed by atoms with Gasteiger partial charge in [0.05, 0.1) is 5.69 Å². The fourth-order valence-corrected chi connectivity index (χ4v) is 3.04. The van der Waals surface area contributed by atoms with E-state index in [0.717, 1.165) is 5.56 Å². The number of benzene rings is 3. The summed E-state index contributed by atoms with van der Waals surface area (Å²) in [7, 11) is 0. The van der Waals surface area contributed by atoms with Crippen LogP contribution in [0.15, 0.2) is 66.7 Å². The Balaban J connectivity index is 1.31. The van der Waals surface area contributed by atoms with Crippen LogP contribution in [0.4, 0.5) is 5.69 Å². The van der Waals surface area contributed by atoms with Crippen molar-refractivity contribution in [1.29, 1.82) is 0 Å². The minimum atomic E-state index is -0.397. The average molecular weight is 419 g/mol. The summed E-state index contributed by atoms with van der Waals surface area (Å²) in [4.78, 5) is 24.3. The number of ether oxygens (including phenoxy) is 4. The second-order valence-corrected chi connectivity index (χ2v) is 6.89. The van der Waals surface area contributed by atoms with E-state index in [1.54, 1.807) is 36.4 Å². The van der Waals surface area contributed by atoms with Gasteiger partial charge in [0.2, 0.25) is 6.79 Å². The molecule has 0 saturated heterocycles. The zero-order chi connectivity index (χ0) is 21.6. The Labute approximate surface area is 179 Å². The molecular formula is C24H21NO6. The predicted molar refractivity (Wildman–Crippen MR) is 114 cm³/mol. The predicted octanol–water partition coefficient (Wildman–Crippen LogP) is 4.21. The highest BCUT2D eigenvalue weighted by Crippen LogP contribution is 2.37. The second kappa shape index (κ2) is 9.21. The van der Waals surface area contributed by atoms with Gasteiger partial charge in [-0.25, -0.2) is 0 Å². The molecular weight excluding hydrogens is 398 g/mol. The third-order valence-electron chi connectivity index (χ3n) is 4.61. The first-order valence-electron chi connectivity index (χ1n) is 9.72. The molecule has 1 N–H and O–H groups in total. The highest BCUT2D eigenvalue weighted by atomic mass is 16.7. The van der Waals surface area contributed by atoms with Crippen molar-refractivity contribution in [2.45, 2.75) is 13.5 Å². The lowest BCUT2D eigenvalue weighted by atomic mass is 10.1. The summed E-state index contributed by atoms with van der Waals surface area (Å²) in [5.74, 6) is 1.60. The fraction of sp³-hybridized carbons (Fsp3) is 0.167. The van der Waals surface area contributed by atoms with Gasteiger partial charge in [-0.1, -0.05) is 30.3 Å². The molecule has 0 fully saturated rings. The summed E-state index contributed by atoms with van der Waals surface area (Å²) in [6.45, 7) is 1.76. The number of carbonyl (C=O) groups is 2. The van der Waals surface area contributed by atoms with Crippen LogP contribution in [0, 0.1) is 0 Å². The van der Waals surface area contributed by atoms with E-state index in [4.69, 9.17) is 18.9 Å². The topological polar surface area (TPSA) is 83.1 Å². The number of Topliss-reactive ketones (excluding diaryl/α,β-unsaturated/α-hetero) is 1. The van der Waals surface area contributed by atoms with Crippen molar-refractivity contribution in [2.75, 3.05) is 18.7 Å². The Morgan fingerprint density at radius 2 is 1.55 bits per heavy atom. The summed E-state index contributed by atoms with van der Waals surface area (Å²) in [6, 6.07) is 20.0. The molecule has 0 spiro atoms. The molecule has 1 amide bonds. The molecule has 0 bridgehead atoms. The SMILES string of the molecule is CC(=O)c1cc2c(cc1NC(=O)COc1ccc(OCc3ccccc3)cc1)OCO2. The van der Waals surface area contributed by atoms with Crippen LogP contribution in [0.5, 0.6) is 23.0 Å². The van der Waals surface area contributed by atoms with Crippen LogP contribution in [-0.2, 0) is 11.4 Å². The lowest BCUT2D eigenvalue weighted by molar-refractivity contribution is -0.118. The van der Waals surface area contributed by atoms with E-state index in [0.29, 0.717) is 40.9 Å². The largest absolute Gasteiger partial charge is 0.489 e. The van der Waals surface area contributed by atoms with E-state index < -0.39 is 5.91 Å². The molecule has 31 heavy (non-hydrogen) atoms. The Bertz CT molecular complexity index is 1080. The number of carbonyl (C=O) groups excluding carboxylic acids is 2. The molecule has 7 heteroatoms. The number of ketones is 1. The van der Waals surface area contributed by atoms with Gasteiger partial charge in [0.15, 0.2) is 23.9 Å². The number of anilines is 1. The Morgan fingerprint density at radius 1 is 0.903 bits per heavy atom. The fourth-order valence-electron chi connectivity index (χ4n) is 3.04. The van der Waals surface area contributed by atoms with Gasteiger partial charge in [0, 0.05) is 11.6 Å². The number of nitrogens with one attached hydrogen (secondary N) is 1. The summed E-state index contributed by atoms with van der Waals surface area (Å²) in [6.07, 6.45) is 0. The molecule has 0 aromatic heterocycles. The van der Waals surface area contributed by atoms with Crippen LogP contribution >= 0.6 is 0 Å². The van der Waals surface area contributed by atoms with Gasteiger partial charge in [0.1, 0.15) is 18.1 Å². The summed E-state index contributed by atoms with van der Waals surface area (Å²) < 4.78 is 21.9. The molecule has 1 aliphatic heterocycles. The molecule has 3 aromatic carbocycles. The molecule has 1 heterocycles. The van der Waals surface area contributed by atoms with Crippen LogP contribution in [-0.4, -0.2) is 25.1 Å². The van der Waals surface area contributed by atoms with Crippen molar-refractivity contribution >= 4 is 17.4 Å². The normalized spacial score (nSPS) is 11.6. The van der Waals surface area contributed by atoms with Crippen molar-refractivity contribution < 1.29 is 28.5 Å². The molecule has 7 nitrogen and oxygen atoms in total. The maximum absolute atomic E-state index is 12.3. The quantitative estimate of drug-likeness (QED) is 0.551. The van der Waals surface area contributed by atoms with Gasteiger partial charge in [-0.05, 0) is 42.8 Å². The van der Waals surface area contributed by atoms with Crippen molar-refractivity contribution in [3.63, 3.8) is 0 Å². The smallest absolute Gasteiger partial charge is 0.262 e. The molecule has 3 aromatic rings. The number of fused-ring (bicyclic) bond motifs is 1. The standard InChI is InChI=1S/C24H21NO6/c1-16(26)20-11-22-23(31-15-30-22)12-21(20)25-24(27)14-29-19-9-7-18(8-10-19)28-13-17-5-3-2-4-6-17/h2-12H,13-15H2,1H3,(H,25,27). The first-order valence-corrected chi connectivity index (χ1v) is 9.72. The highest BCUT2D eigenvalue weighted by Gasteiger charge is 2.20. The first-order chi connectivity index (χ1) is 15.1. The van der Waals surface area contributed by atoms with E-state index in [2.05, 4.69) is 5.32 Å². The average Bonchev–Trinajstić information content (AvgIpc) is 3.24. The first kappa shape index (κ1) is 20.3. The molecule has 0 radical (unpaired) electrons. The lowest BCUT2D eigenvalue weighted by Gasteiger charge is -2.12. The molecule has 0 atom stereocenters. The molecule has 0 unspecified atom stereocenters. The third kappa shape index (κ3) is 5.14. The zero-order valence-corrected chi connectivity index (χ0v) is 16.9. The van der Waals surface area contributed by atoms with E-state index in [1.807, 2.05) is 30.3 Å². The zero-order valence-electron chi connectivity index (χ0n) is 16.9. The van der Waals surface area contributed by atoms with Crippen LogP contribution in [0.25, 0.3) is 0 Å². The van der Waals surface area contributed by atoms with Crippen molar-refractivity contribution in [3.05, 3.63) is 77.9 Å². The molecule has 1 aliphatic rings. The molecule has 4 rings (SSSR count). The van der Waals surface area contributed by atoms with Crippen molar-refractivity contribution in [3.8, 4) is 23.0 Å². The van der Waals surface area contributed by atoms with E-state index in [-0.39, 0.29) is 19.2 Å². The Morgan fingerprint density at radius 3 is 2.23 bits per heavy atom. The summed E-state index contributed by atoms with van der Waals surface area (Å²) in [5, 5.41) is 2.70. The van der Waals surface area contributed by atoms with Crippen LogP contribution in [0.1, 0.15) is 22.8 Å². The maximum atomic E-state index is 12.3. The van der Waals surface area contributed by atoms with Gasteiger partial charge >= 0.3 is 0 Å². The van der Waals surface area contributed by atoms with Crippen LogP contribution in [0.3, 0.4) is 0 Å². The summed E-state index contributed by atoms with van der Waals surface area (Å²) in [5.41, 5.74) is 1.78. The monoisotopic (exact) mass is 419 g/mol. The second-order valence-electron chi connectivity index (χ2n) is 6.89. The van der Waals surface area contributed by atoms with Crippen molar-refractivity contribution in [1.82, 2.24) is 0 Å². The summed E-state index contributed by atoms with van der Waals surface area (Å²) >= 11 is 0. The number of hydrogen-bond acceptors (Lipinski definition) is 6. The Hall–Kier alpha value is -4.00. The molecule has 158 valence electrons. The number of rotatable bonds is 8. The maximum Gasteiger partial charge on any atom is 0.262 e. The van der Waals surface area contributed by atoms with Gasteiger partial charge in [-0.2, -0.15) is 0 Å². The molecule has 0 saturated carbocycles. The lowest BCUT2D eigenvalue weighted by Crippen LogP contribution is -2.21. The van der Waals surface area contributed by atoms with Crippen LogP contribution < -0.4 is 24.3 Å². The number of hydrogen-bond donors (Lipinski definition) is 1. The van der Waals surface area contributed by atoms with Gasteiger partial charge in [-0.15, -0.1) is 0 Å². The minimum Gasteiger partial charge on any atom is -0.489 e. The van der Waals surface area contributed by atoms with E-state index in [1.165, 1.54) is 6.92 Å².